The van der Waals surface area contributed by atoms with Gasteiger partial charge in [0, 0.05) is 29.4 Å². The fourth-order valence-corrected chi connectivity index (χ4v) is 4.07. The number of carbonyl (C=O) groups excluding carboxylic acids is 1. The van der Waals surface area contributed by atoms with Crippen LogP contribution < -0.4 is 10.6 Å². The molecule has 0 saturated heterocycles. The molecule has 2 aromatic carbocycles. The summed E-state index contributed by atoms with van der Waals surface area (Å²) in [5.74, 6) is -0.386. The number of rotatable bonds is 8. The van der Waals surface area contributed by atoms with Gasteiger partial charge in [0.15, 0.2) is 5.11 Å². The van der Waals surface area contributed by atoms with Crippen molar-refractivity contribution >= 4 is 50.5 Å². The smallest absolute Gasteiger partial charge is 0.257 e. The molecule has 0 spiro atoms. The highest BCUT2D eigenvalue weighted by molar-refractivity contribution is 7.89. The van der Waals surface area contributed by atoms with E-state index in [0.717, 1.165) is 0 Å². The first kappa shape index (κ1) is 22.8. The zero-order valence-corrected chi connectivity index (χ0v) is 17.9. The Morgan fingerprint density at radius 2 is 1.59 bits per heavy atom. The van der Waals surface area contributed by atoms with Gasteiger partial charge in [0.25, 0.3) is 5.91 Å². The van der Waals surface area contributed by atoms with Crippen molar-refractivity contribution in [3.63, 3.8) is 0 Å². The van der Waals surface area contributed by atoms with Crippen molar-refractivity contribution in [1.29, 1.82) is 0 Å². The number of nitrogens with one attached hydrogen (secondary N) is 2. The van der Waals surface area contributed by atoms with Crippen LogP contribution in [0.5, 0.6) is 0 Å². The minimum atomic E-state index is -3.68. The van der Waals surface area contributed by atoms with Gasteiger partial charge < -0.3 is 5.32 Å². The lowest BCUT2D eigenvalue weighted by Gasteiger charge is -2.19. The predicted molar refractivity (Wildman–Crippen MR) is 121 cm³/mol. The number of hydrogen-bond donors (Lipinski definition) is 2. The quantitative estimate of drug-likeness (QED) is 0.473. The molecule has 2 aromatic rings. The largest absolute Gasteiger partial charge is 0.332 e. The Balaban J connectivity index is 2.05. The monoisotopic (exact) mass is 449 g/mol. The molecule has 0 atom stereocenters. The summed E-state index contributed by atoms with van der Waals surface area (Å²) in [7, 11) is -3.68. The van der Waals surface area contributed by atoms with E-state index in [1.54, 1.807) is 36.4 Å². The molecule has 2 rings (SSSR count). The van der Waals surface area contributed by atoms with Gasteiger partial charge in [-0.15, -0.1) is 13.2 Å². The van der Waals surface area contributed by atoms with Crippen LogP contribution in [0.25, 0.3) is 0 Å². The van der Waals surface area contributed by atoms with Gasteiger partial charge in [-0.2, -0.15) is 4.31 Å². The average molecular weight is 450 g/mol. The van der Waals surface area contributed by atoms with Gasteiger partial charge in [-0.05, 0) is 60.7 Å². The third kappa shape index (κ3) is 6.23. The molecule has 0 aliphatic heterocycles. The molecular formula is C20H20ClN3O3S2. The van der Waals surface area contributed by atoms with E-state index < -0.39 is 10.0 Å². The Morgan fingerprint density at radius 3 is 2.10 bits per heavy atom. The van der Waals surface area contributed by atoms with E-state index in [9.17, 15) is 13.2 Å². The van der Waals surface area contributed by atoms with E-state index in [0.29, 0.717) is 16.3 Å². The number of amides is 1. The van der Waals surface area contributed by atoms with Crippen molar-refractivity contribution in [2.75, 3.05) is 18.4 Å². The van der Waals surface area contributed by atoms with Crippen molar-refractivity contribution < 1.29 is 13.2 Å². The number of halogens is 1. The molecule has 0 heterocycles. The molecule has 0 saturated carbocycles. The molecule has 0 aromatic heterocycles. The van der Waals surface area contributed by atoms with Gasteiger partial charge in [0.05, 0.1) is 4.90 Å². The molecule has 6 nitrogen and oxygen atoms in total. The minimum Gasteiger partial charge on any atom is -0.332 e. The highest BCUT2D eigenvalue weighted by atomic mass is 35.5. The number of hydrogen-bond acceptors (Lipinski definition) is 4. The topological polar surface area (TPSA) is 78.5 Å². The van der Waals surface area contributed by atoms with Crippen LogP contribution in [0.3, 0.4) is 0 Å². The Kier molecular flexibility index (Phi) is 8.10. The minimum absolute atomic E-state index is 0.0838. The second-order valence-corrected chi connectivity index (χ2v) is 8.62. The summed E-state index contributed by atoms with van der Waals surface area (Å²) in [6.07, 6.45) is 3.03. The zero-order valence-electron chi connectivity index (χ0n) is 15.5. The van der Waals surface area contributed by atoms with Gasteiger partial charge in [-0.1, -0.05) is 23.8 Å². The van der Waals surface area contributed by atoms with Crippen LogP contribution >= 0.6 is 23.8 Å². The van der Waals surface area contributed by atoms with Crippen LogP contribution in [0.15, 0.2) is 78.7 Å². The van der Waals surface area contributed by atoms with Crippen molar-refractivity contribution in [3.05, 3.63) is 84.4 Å². The molecular weight excluding hydrogens is 430 g/mol. The first-order valence-electron chi connectivity index (χ1n) is 8.48. The number of sulfonamides is 1. The summed E-state index contributed by atoms with van der Waals surface area (Å²) in [5, 5.41) is 6.00. The van der Waals surface area contributed by atoms with E-state index in [2.05, 4.69) is 23.8 Å². The lowest BCUT2D eigenvalue weighted by molar-refractivity contribution is 0.0977. The number of nitrogens with zero attached hydrogens (tertiary/aromatic N) is 1. The van der Waals surface area contributed by atoms with Gasteiger partial charge in [0.2, 0.25) is 10.0 Å². The second kappa shape index (κ2) is 10.3. The van der Waals surface area contributed by atoms with Gasteiger partial charge >= 0.3 is 0 Å². The van der Waals surface area contributed by atoms with Crippen molar-refractivity contribution in [3.8, 4) is 0 Å². The molecule has 0 unspecified atom stereocenters. The summed E-state index contributed by atoms with van der Waals surface area (Å²) in [5.41, 5.74) is 0.939. The van der Waals surface area contributed by atoms with Crippen molar-refractivity contribution in [2.24, 2.45) is 0 Å². The Morgan fingerprint density at radius 1 is 1.03 bits per heavy atom. The molecule has 0 aliphatic rings. The van der Waals surface area contributed by atoms with Crippen molar-refractivity contribution in [1.82, 2.24) is 9.62 Å². The average Bonchev–Trinajstić information content (AvgIpc) is 2.68. The SMILES string of the molecule is C=CCN(CC=C)S(=O)(=O)c1ccc(NC(=S)NC(=O)c2ccc(Cl)cc2)cc1. The van der Waals surface area contributed by atoms with E-state index in [4.69, 9.17) is 23.8 Å². The summed E-state index contributed by atoms with van der Waals surface area (Å²) in [4.78, 5) is 12.3. The molecule has 29 heavy (non-hydrogen) atoms. The van der Waals surface area contributed by atoms with Crippen LogP contribution in [0.2, 0.25) is 5.02 Å². The lowest BCUT2D eigenvalue weighted by Crippen LogP contribution is -2.34. The second-order valence-electron chi connectivity index (χ2n) is 5.84. The van der Waals surface area contributed by atoms with Crippen LogP contribution in [0.4, 0.5) is 5.69 Å². The Labute approximate surface area is 180 Å². The van der Waals surface area contributed by atoms with Crippen LogP contribution in [0.1, 0.15) is 10.4 Å². The van der Waals surface area contributed by atoms with E-state index in [1.807, 2.05) is 0 Å². The van der Waals surface area contributed by atoms with Gasteiger partial charge in [-0.3, -0.25) is 10.1 Å². The zero-order chi connectivity index (χ0) is 21.4. The molecule has 0 radical (unpaired) electrons. The maximum Gasteiger partial charge on any atom is 0.257 e. The normalized spacial score (nSPS) is 11.0. The molecule has 2 N–H and O–H groups in total. The first-order valence-corrected chi connectivity index (χ1v) is 10.7. The van der Waals surface area contributed by atoms with Crippen LogP contribution in [0, 0.1) is 0 Å². The highest BCUT2D eigenvalue weighted by Crippen LogP contribution is 2.18. The van der Waals surface area contributed by atoms with Crippen LogP contribution in [-0.4, -0.2) is 36.8 Å². The predicted octanol–water partition coefficient (Wildman–Crippen LogP) is 3.83. The van der Waals surface area contributed by atoms with Crippen LogP contribution in [-0.2, 0) is 10.0 Å². The summed E-state index contributed by atoms with van der Waals surface area (Å²) in [6, 6.07) is 12.4. The molecule has 9 heteroatoms. The number of benzene rings is 2. The van der Waals surface area contributed by atoms with Gasteiger partial charge in [-0.25, -0.2) is 8.42 Å². The van der Waals surface area contributed by atoms with Gasteiger partial charge in [0.1, 0.15) is 0 Å². The molecule has 0 fully saturated rings. The number of carbonyl (C=O) groups is 1. The summed E-state index contributed by atoms with van der Waals surface area (Å²) < 4.78 is 26.6. The Hall–Kier alpha value is -2.52. The Bertz CT molecular complexity index is 994. The number of thiocarbonyl (C=S) groups is 1. The van der Waals surface area contributed by atoms with E-state index in [-0.39, 0.29) is 29.0 Å². The third-order valence-electron chi connectivity index (χ3n) is 3.75. The fraction of sp³-hybridized carbons (Fsp3) is 0.100. The molecule has 0 aliphatic carbocycles. The number of anilines is 1. The third-order valence-corrected chi connectivity index (χ3v) is 6.05. The highest BCUT2D eigenvalue weighted by Gasteiger charge is 2.22. The lowest BCUT2D eigenvalue weighted by atomic mass is 10.2. The maximum atomic E-state index is 12.7. The molecule has 1 amide bonds. The first-order chi connectivity index (χ1) is 13.8. The molecule has 152 valence electrons. The standard InChI is InChI=1S/C20H20ClN3O3S2/c1-3-13-24(14-4-2)29(26,27)18-11-9-17(10-12-18)22-20(28)23-19(25)15-5-7-16(21)8-6-15/h3-12H,1-2,13-14H2,(H2,22,23,25,28). The van der Waals surface area contributed by atoms with Crippen molar-refractivity contribution in [2.45, 2.75) is 4.90 Å². The molecule has 0 bridgehead atoms. The van der Waals surface area contributed by atoms with E-state index in [1.165, 1.54) is 28.6 Å². The summed E-state index contributed by atoms with van der Waals surface area (Å²) >= 11 is 10.9. The summed E-state index contributed by atoms with van der Waals surface area (Å²) in [6.45, 7) is 7.51. The van der Waals surface area contributed by atoms with E-state index >= 15 is 0 Å². The fourth-order valence-electron chi connectivity index (χ4n) is 2.36. The maximum absolute atomic E-state index is 12.7.